The van der Waals surface area contributed by atoms with Crippen LogP contribution in [0.1, 0.15) is 24.5 Å². The van der Waals surface area contributed by atoms with Gasteiger partial charge >= 0.3 is 0 Å². The molecule has 0 saturated heterocycles. The zero-order valence-corrected chi connectivity index (χ0v) is 13.3. The highest BCUT2D eigenvalue weighted by molar-refractivity contribution is 9.10. The molecular weight excluding hydrogens is 314 g/mol. The SMILES string of the molecule is CC(Cn1ccnc1)NC1CCc2cc(Br)ccc2C1. The first kappa shape index (κ1) is 13.8. The molecule has 106 valence electrons. The van der Waals surface area contributed by atoms with Gasteiger partial charge in [-0.25, -0.2) is 4.98 Å². The Balaban J connectivity index is 1.58. The van der Waals surface area contributed by atoms with Crippen LogP contribution in [-0.4, -0.2) is 21.6 Å². The molecule has 3 nitrogen and oxygen atoms in total. The fourth-order valence-corrected chi connectivity index (χ4v) is 3.44. The van der Waals surface area contributed by atoms with Gasteiger partial charge in [-0.15, -0.1) is 0 Å². The van der Waals surface area contributed by atoms with Crippen molar-refractivity contribution in [2.75, 3.05) is 0 Å². The highest BCUT2D eigenvalue weighted by Crippen LogP contribution is 2.25. The van der Waals surface area contributed by atoms with E-state index in [1.807, 2.05) is 18.7 Å². The number of nitrogens with zero attached hydrogens (tertiary/aromatic N) is 2. The van der Waals surface area contributed by atoms with Gasteiger partial charge in [-0.05, 0) is 49.4 Å². The quantitative estimate of drug-likeness (QED) is 0.931. The molecule has 1 heterocycles. The lowest BCUT2D eigenvalue weighted by molar-refractivity contribution is 0.379. The van der Waals surface area contributed by atoms with Crippen molar-refractivity contribution in [1.82, 2.24) is 14.9 Å². The number of imidazole rings is 1. The van der Waals surface area contributed by atoms with E-state index in [-0.39, 0.29) is 0 Å². The first-order valence-corrected chi connectivity index (χ1v) is 7.99. The highest BCUT2D eigenvalue weighted by Gasteiger charge is 2.20. The Bertz CT molecular complexity index is 565. The molecule has 0 bridgehead atoms. The predicted octanol–water partition coefficient (Wildman–Crippen LogP) is 3.18. The minimum absolute atomic E-state index is 0.464. The molecule has 1 aromatic carbocycles. The van der Waals surface area contributed by atoms with Crippen LogP contribution in [0, 0.1) is 0 Å². The molecule has 1 N–H and O–H groups in total. The number of benzene rings is 1. The van der Waals surface area contributed by atoms with Gasteiger partial charge in [0.15, 0.2) is 0 Å². The van der Waals surface area contributed by atoms with Crippen LogP contribution in [0.4, 0.5) is 0 Å². The van der Waals surface area contributed by atoms with E-state index in [2.05, 4.69) is 55.9 Å². The largest absolute Gasteiger partial charge is 0.336 e. The molecule has 0 fully saturated rings. The van der Waals surface area contributed by atoms with Crippen LogP contribution in [0.15, 0.2) is 41.4 Å². The summed E-state index contributed by atoms with van der Waals surface area (Å²) < 4.78 is 3.32. The van der Waals surface area contributed by atoms with E-state index >= 15 is 0 Å². The topological polar surface area (TPSA) is 29.9 Å². The average Bonchev–Trinajstić information content (AvgIpc) is 2.91. The maximum Gasteiger partial charge on any atom is 0.0946 e. The summed E-state index contributed by atoms with van der Waals surface area (Å²) >= 11 is 3.55. The molecule has 2 atom stereocenters. The average molecular weight is 334 g/mol. The van der Waals surface area contributed by atoms with Crippen LogP contribution in [-0.2, 0) is 19.4 Å². The Kier molecular flexibility index (Phi) is 4.22. The number of aromatic nitrogens is 2. The Hall–Kier alpha value is -1.13. The van der Waals surface area contributed by atoms with E-state index in [0.29, 0.717) is 12.1 Å². The first-order valence-electron chi connectivity index (χ1n) is 7.20. The Morgan fingerprint density at radius 1 is 1.45 bits per heavy atom. The van der Waals surface area contributed by atoms with Crippen molar-refractivity contribution in [2.24, 2.45) is 0 Å². The van der Waals surface area contributed by atoms with Crippen LogP contribution in [0.25, 0.3) is 0 Å². The van der Waals surface area contributed by atoms with Gasteiger partial charge in [0.25, 0.3) is 0 Å². The van der Waals surface area contributed by atoms with Crippen molar-refractivity contribution in [3.63, 3.8) is 0 Å². The summed E-state index contributed by atoms with van der Waals surface area (Å²) in [6, 6.07) is 7.72. The molecule has 0 amide bonds. The summed E-state index contributed by atoms with van der Waals surface area (Å²) in [4.78, 5) is 4.09. The van der Waals surface area contributed by atoms with Crippen LogP contribution in [0.3, 0.4) is 0 Å². The van der Waals surface area contributed by atoms with Crippen LogP contribution in [0.5, 0.6) is 0 Å². The Labute approximate surface area is 128 Å². The molecule has 20 heavy (non-hydrogen) atoms. The lowest BCUT2D eigenvalue weighted by atomic mass is 9.88. The molecule has 0 aliphatic heterocycles. The van der Waals surface area contributed by atoms with E-state index in [4.69, 9.17) is 0 Å². The minimum atomic E-state index is 0.464. The van der Waals surface area contributed by atoms with Gasteiger partial charge in [-0.2, -0.15) is 0 Å². The number of rotatable bonds is 4. The number of nitrogens with one attached hydrogen (secondary N) is 1. The fraction of sp³-hybridized carbons (Fsp3) is 0.438. The second-order valence-corrected chi connectivity index (χ2v) is 6.60. The van der Waals surface area contributed by atoms with Crippen molar-refractivity contribution in [3.05, 3.63) is 52.5 Å². The monoisotopic (exact) mass is 333 g/mol. The van der Waals surface area contributed by atoms with E-state index in [1.165, 1.54) is 28.4 Å². The third-order valence-electron chi connectivity index (χ3n) is 3.96. The number of fused-ring (bicyclic) bond motifs is 1. The maximum atomic E-state index is 4.09. The number of hydrogen-bond donors (Lipinski definition) is 1. The van der Waals surface area contributed by atoms with Gasteiger partial charge in [0.2, 0.25) is 0 Å². The Morgan fingerprint density at radius 3 is 3.15 bits per heavy atom. The molecule has 1 aromatic heterocycles. The summed E-state index contributed by atoms with van der Waals surface area (Å²) in [5.41, 5.74) is 2.99. The van der Waals surface area contributed by atoms with Crippen molar-refractivity contribution < 1.29 is 0 Å². The van der Waals surface area contributed by atoms with Gasteiger partial charge < -0.3 is 9.88 Å². The molecule has 0 saturated carbocycles. The second-order valence-electron chi connectivity index (χ2n) is 5.68. The zero-order valence-electron chi connectivity index (χ0n) is 11.7. The van der Waals surface area contributed by atoms with E-state index in [1.54, 1.807) is 0 Å². The molecule has 3 rings (SSSR count). The lowest BCUT2D eigenvalue weighted by Crippen LogP contribution is -2.42. The fourth-order valence-electron chi connectivity index (χ4n) is 3.03. The van der Waals surface area contributed by atoms with Crippen molar-refractivity contribution in [1.29, 1.82) is 0 Å². The highest BCUT2D eigenvalue weighted by atomic mass is 79.9. The standard InChI is InChI=1S/C16H20BrN3/c1-12(10-20-7-6-18-11-20)19-16-5-3-13-8-15(17)4-2-14(13)9-16/h2,4,6-8,11-12,16,19H,3,5,9-10H2,1H3. The minimum Gasteiger partial charge on any atom is -0.336 e. The predicted molar refractivity (Wildman–Crippen MR) is 84.8 cm³/mol. The summed E-state index contributed by atoms with van der Waals surface area (Å²) in [6.07, 6.45) is 9.26. The van der Waals surface area contributed by atoms with Crippen LogP contribution in [0.2, 0.25) is 0 Å². The van der Waals surface area contributed by atoms with Gasteiger partial charge in [-0.3, -0.25) is 0 Å². The first-order chi connectivity index (χ1) is 9.70. The van der Waals surface area contributed by atoms with Gasteiger partial charge in [0.1, 0.15) is 0 Å². The van der Waals surface area contributed by atoms with Crippen molar-refractivity contribution >= 4 is 15.9 Å². The second kappa shape index (κ2) is 6.10. The zero-order chi connectivity index (χ0) is 13.9. The normalized spacial score (nSPS) is 19.6. The van der Waals surface area contributed by atoms with E-state index < -0.39 is 0 Å². The number of halogens is 1. The van der Waals surface area contributed by atoms with E-state index in [9.17, 15) is 0 Å². The maximum absolute atomic E-state index is 4.09. The molecule has 1 aliphatic carbocycles. The molecule has 1 aliphatic rings. The van der Waals surface area contributed by atoms with Crippen LogP contribution >= 0.6 is 15.9 Å². The molecule has 2 unspecified atom stereocenters. The molecule has 0 spiro atoms. The van der Waals surface area contributed by atoms with Crippen molar-refractivity contribution in [2.45, 2.75) is 44.8 Å². The van der Waals surface area contributed by atoms with E-state index in [0.717, 1.165) is 13.0 Å². The summed E-state index contributed by atoms with van der Waals surface area (Å²) in [5, 5.41) is 3.75. The third-order valence-corrected chi connectivity index (χ3v) is 4.45. The number of aryl methyl sites for hydroxylation is 1. The molecule has 0 radical (unpaired) electrons. The van der Waals surface area contributed by atoms with Gasteiger partial charge in [0.05, 0.1) is 6.33 Å². The lowest BCUT2D eigenvalue weighted by Gasteiger charge is -2.28. The van der Waals surface area contributed by atoms with Crippen LogP contribution < -0.4 is 5.32 Å². The smallest absolute Gasteiger partial charge is 0.0946 e. The molecule has 2 aromatic rings. The number of hydrogen-bond acceptors (Lipinski definition) is 2. The van der Waals surface area contributed by atoms with Gasteiger partial charge in [0, 0.05) is 35.5 Å². The van der Waals surface area contributed by atoms with Crippen molar-refractivity contribution in [3.8, 4) is 0 Å². The molecule has 4 heteroatoms. The summed E-state index contributed by atoms with van der Waals surface area (Å²) in [7, 11) is 0. The Morgan fingerprint density at radius 2 is 2.35 bits per heavy atom. The molecular formula is C16H20BrN3. The summed E-state index contributed by atoms with van der Waals surface area (Å²) in [6.45, 7) is 3.22. The summed E-state index contributed by atoms with van der Waals surface area (Å²) in [5.74, 6) is 0. The third kappa shape index (κ3) is 3.30. The van der Waals surface area contributed by atoms with Gasteiger partial charge in [-0.1, -0.05) is 22.0 Å².